The molecule has 28 heavy (non-hydrogen) atoms. The lowest BCUT2D eigenvalue weighted by molar-refractivity contribution is 0.340. The van der Waals surface area contributed by atoms with Crippen LogP contribution in [0.1, 0.15) is 17.4 Å². The van der Waals surface area contributed by atoms with Crippen LogP contribution in [0.5, 0.6) is 5.75 Å². The first kappa shape index (κ1) is 18.9. The van der Waals surface area contributed by atoms with Gasteiger partial charge in [-0.25, -0.2) is 4.98 Å². The number of ether oxygens (including phenoxy) is 1. The van der Waals surface area contributed by atoms with Crippen molar-refractivity contribution in [3.8, 4) is 16.9 Å². The maximum Gasteiger partial charge on any atom is 0.263 e. The van der Waals surface area contributed by atoms with Gasteiger partial charge in [0.25, 0.3) is 5.56 Å². The fraction of sp³-hybridized carbons (Fsp3) is 0.182. The summed E-state index contributed by atoms with van der Waals surface area (Å²) in [6.45, 7) is 5.11. The van der Waals surface area contributed by atoms with Crippen LogP contribution in [0.25, 0.3) is 21.3 Å². The Bertz CT molecular complexity index is 1200. The Morgan fingerprint density at radius 2 is 1.96 bits per heavy atom. The minimum atomic E-state index is -0.0155. The molecular formula is C22H19BrN2O2S. The molecule has 0 saturated heterocycles. The second-order valence-electron chi connectivity index (χ2n) is 6.48. The molecule has 0 N–H and O–H groups in total. The molecule has 0 saturated carbocycles. The van der Waals surface area contributed by atoms with Crippen molar-refractivity contribution in [2.45, 2.75) is 20.4 Å². The number of benzene rings is 2. The number of aryl methyl sites for hydroxylation is 1. The Balaban J connectivity index is 1.81. The fourth-order valence-electron chi connectivity index (χ4n) is 3.31. The minimum Gasteiger partial charge on any atom is -0.494 e. The molecule has 0 unspecified atom stereocenters. The standard InChI is InChI=1S/C22H19BrN2O2S/c1-3-27-18-9-7-16(8-10-18)19-14(2)28-21-20(19)22(26)25(13-24-21)12-15-5-4-6-17(23)11-15/h4-11,13H,3,12H2,1-2H3. The van der Waals surface area contributed by atoms with Gasteiger partial charge in [-0.1, -0.05) is 40.2 Å². The number of aromatic nitrogens is 2. The van der Waals surface area contributed by atoms with E-state index in [1.807, 2.05) is 62.4 Å². The normalized spacial score (nSPS) is 11.1. The van der Waals surface area contributed by atoms with Crippen molar-refractivity contribution >= 4 is 37.5 Å². The third-order valence-corrected chi connectivity index (χ3v) is 6.06. The zero-order chi connectivity index (χ0) is 19.7. The summed E-state index contributed by atoms with van der Waals surface area (Å²) in [6.07, 6.45) is 1.64. The van der Waals surface area contributed by atoms with Crippen LogP contribution in [0.15, 0.2) is 64.1 Å². The Kier molecular flexibility index (Phi) is 5.33. The van der Waals surface area contributed by atoms with Gasteiger partial charge in [0.2, 0.25) is 0 Å². The highest BCUT2D eigenvalue weighted by molar-refractivity contribution is 9.10. The number of fused-ring (bicyclic) bond motifs is 1. The first-order chi connectivity index (χ1) is 13.6. The summed E-state index contributed by atoms with van der Waals surface area (Å²) in [5.74, 6) is 0.827. The number of thiophene rings is 1. The summed E-state index contributed by atoms with van der Waals surface area (Å²) < 4.78 is 8.20. The van der Waals surface area contributed by atoms with Gasteiger partial charge in [0.05, 0.1) is 24.9 Å². The van der Waals surface area contributed by atoms with Crippen LogP contribution in [0.2, 0.25) is 0 Å². The van der Waals surface area contributed by atoms with Crippen molar-refractivity contribution in [1.82, 2.24) is 9.55 Å². The highest BCUT2D eigenvalue weighted by Gasteiger charge is 2.17. The van der Waals surface area contributed by atoms with Gasteiger partial charge in [-0.05, 0) is 49.2 Å². The van der Waals surface area contributed by atoms with E-state index in [4.69, 9.17) is 4.74 Å². The largest absolute Gasteiger partial charge is 0.494 e. The van der Waals surface area contributed by atoms with Crippen LogP contribution in [-0.2, 0) is 6.54 Å². The highest BCUT2D eigenvalue weighted by atomic mass is 79.9. The summed E-state index contributed by atoms with van der Waals surface area (Å²) in [4.78, 5) is 19.7. The average molecular weight is 455 g/mol. The molecule has 2 aromatic carbocycles. The van der Waals surface area contributed by atoms with E-state index in [9.17, 15) is 4.79 Å². The van der Waals surface area contributed by atoms with Gasteiger partial charge < -0.3 is 4.74 Å². The van der Waals surface area contributed by atoms with Gasteiger partial charge in [0.1, 0.15) is 10.6 Å². The van der Waals surface area contributed by atoms with Crippen molar-refractivity contribution in [2.75, 3.05) is 6.61 Å². The molecule has 0 amide bonds. The number of hydrogen-bond acceptors (Lipinski definition) is 4. The molecule has 0 fully saturated rings. The van der Waals surface area contributed by atoms with Crippen LogP contribution in [0.3, 0.4) is 0 Å². The third kappa shape index (κ3) is 3.62. The third-order valence-electron chi connectivity index (χ3n) is 4.55. The lowest BCUT2D eigenvalue weighted by atomic mass is 10.0. The molecule has 2 heterocycles. The molecular weight excluding hydrogens is 436 g/mol. The zero-order valence-electron chi connectivity index (χ0n) is 15.6. The molecule has 142 valence electrons. The summed E-state index contributed by atoms with van der Waals surface area (Å²) in [5, 5.41) is 0.684. The molecule has 4 rings (SSSR count). The van der Waals surface area contributed by atoms with E-state index in [0.717, 1.165) is 36.6 Å². The molecule has 0 atom stereocenters. The second-order valence-corrected chi connectivity index (χ2v) is 8.60. The van der Waals surface area contributed by atoms with E-state index < -0.39 is 0 Å². The average Bonchev–Trinajstić information content (AvgIpc) is 3.02. The first-order valence-corrected chi connectivity index (χ1v) is 10.6. The Labute approximate surface area is 175 Å². The molecule has 0 bridgehead atoms. The predicted molar refractivity (Wildman–Crippen MR) is 118 cm³/mol. The topological polar surface area (TPSA) is 44.1 Å². The van der Waals surface area contributed by atoms with E-state index in [1.165, 1.54) is 0 Å². The van der Waals surface area contributed by atoms with Crippen molar-refractivity contribution in [3.63, 3.8) is 0 Å². The number of rotatable bonds is 5. The molecule has 2 aromatic heterocycles. The minimum absolute atomic E-state index is 0.0155. The molecule has 6 heteroatoms. The summed E-state index contributed by atoms with van der Waals surface area (Å²) >= 11 is 5.04. The maximum atomic E-state index is 13.3. The van der Waals surface area contributed by atoms with E-state index in [0.29, 0.717) is 18.5 Å². The van der Waals surface area contributed by atoms with Crippen LogP contribution < -0.4 is 10.3 Å². The Morgan fingerprint density at radius 3 is 2.68 bits per heavy atom. The van der Waals surface area contributed by atoms with Gasteiger partial charge in [-0.2, -0.15) is 0 Å². The van der Waals surface area contributed by atoms with Gasteiger partial charge in [0.15, 0.2) is 0 Å². The van der Waals surface area contributed by atoms with Gasteiger partial charge >= 0.3 is 0 Å². The van der Waals surface area contributed by atoms with Crippen molar-refractivity contribution < 1.29 is 4.74 Å². The highest BCUT2D eigenvalue weighted by Crippen LogP contribution is 2.36. The summed E-state index contributed by atoms with van der Waals surface area (Å²) in [6, 6.07) is 15.9. The second kappa shape index (κ2) is 7.89. The van der Waals surface area contributed by atoms with E-state index in [1.54, 1.807) is 22.2 Å². The zero-order valence-corrected chi connectivity index (χ0v) is 18.0. The number of nitrogens with zero attached hydrogens (tertiary/aromatic N) is 2. The first-order valence-electron chi connectivity index (χ1n) is 9.03. The van der Waals surface area contributed by atoms with Crippen molar-refractivity contribution in [1.29, 1.82) is 0 Å². The molecule has 4 nitrogen and oxygen atoms in total. The molecule has 0 aliphatic rings. The monoisotopic (exact) mass is 454 g/mol. The number of halogens is 1. The van der Waals surface area contributed by atoms with E-state index >= 15 is 0 Å². The van der Waals surface area contributed by atoms with Crippen LogP contribution in [0.4, 0.5) is 0 Å². The smallest absolute Gasteiger partial charge is 0.263 e. The lowest BCUT2D eigenvalue weighted by Gasteiger charge is -2.08. The Hall–Kier alpha value is -2.44. The molecule has 0 radical (unpaired) electrons. The molecule has 0 spiro atoms. The SMILES string of the molecule is CCOc1ccc(-c2c(C)sc3ncn(Cc4cccc(Br)c4)c(=O)c23)cc1. The van der Waals surface area contributed by atoms with Gasteiger partial charge in [0, 0.05) is 14.9 Å². The van der Waals surface area contributed by atoms with Gasteiger partial charge in [-0.15, -0.1) is 11.3 Å². The predicted octanol–water partition coefficient (Wildman–Crippen LogP) is 5.64. The Morgan fingerprint density at radius 1 is 1.18 bits per heavy atom. The van der Waals surface area contributed by atoms with Gasteiger partial charge in [-0.3, -0.25) is 9.36 Å². The summed E-state index contributed by atoms with van der Waals surface area (Å²) in [7, 11) is 0. The lowest BCUT2D eigenvalue weighted by Crippen LogP contribution is -2.21. The van der Waals surface area contributed by atoms with Crippen molar-refractivity contribution in [3.05, 3.63) is 80.1 Å². The maximum absolute atomic E-state index is 13.3. The fourth-order valence-corrected chi connectivity index (χ4v) is 4.76. The van der Waals surface area contributed by atoms with Crippen LogP contribution in [-0.4, -0.2) is 16.2 Å². The molecule has 4 aromatic rings. The molecule has 0 aliphatic carbocycles. The van der Waals surface area contributed by atoms with E-state index in [-0.39, 0.29) is 5.56 Å². The summed E-state index contributed by atoms with van der Waals surface area (Å²) in [5.41, 5.74) is 3.00. The van der Waals surface area contributed by atoms with Crippen molar-refractivity contribution in [2.24, 2.45) is 0 Å². The molecule has 0 aliphatic heterocycles. The number of hydrogen-bond donors (Lipinski definition) is 0. The van der Waals surface area contributed by atoms with E-state index in [2.05, 4.69) is 20.9 Å². The quantitative estimate of drug-likeness (QED) is 0.391. The van der Waals surface area contributed by atoms with Crippen LogP contribution >= 0.6 is 27.3 Å². The van der Waals surface area contributed by atoms with Crippen LogP contribution in [0, 0.1) is 6.92 Å².